The Hall–Kier alpha value is -2.04. The minimum Gasteiger partial charge on any atom is -0.609 e. The minimum absolute atomic E-state index is 0.0335. The van der Waals surface area contributed by atoms with Crippen LogP contribution in [-0.2, 0) is 11.2 Å². The van der Waals surface area contributed by atoms with Crippen LogP contribution < -0.4 is 0 Å². The lowest BCUT2D eigenvalue weighted by Crippen LogP contribution is -2.25. The second-order valence-electron chi connectivity index (χ2n) is 4.79. The largest absolute Gasteiger partial charge is 0.609 e. The molecule has 7 heteroatoms. The Kier molecular flexibility index (Phi) is 5.29. The average Bonchev–Trinajstić information content (AvgIpc) is 2.54. The molecule has 0 saturated carbocycles. The molecule has 2 unspecified atom stereocenters. The third-order valence-electron chi connectivity index (χ3n) is 3.17. The maximum Gasteiger partial charge on any atom is 0.318 e. The number of aryl methyl sites for hydroxylation is 1. The van der Waals surface area contributed by atoms with E-state index in [1.807, 2.05) is 6.92 Å². The van der Waals surface area contributed by atoms with Crippen molar-refractivity contribution in [2.75, 3.05) is 0 Å². The molecule has 0 spiro atoms. The van der Waals surface area contributed by atoms with Gasteiger partial charge in [0, 0.05) is 22.8 Å². The zero-order chi connectivity index (χ0) is 17.1. The van der Waals surface area contributed by atoms with Crippen molar-refractivity contribution in [2.45, 2.75) is 23.7 Å². The van der Waals surface area contributed by atoms with E-state index in [0.717, 1.165) is 17.7 Å². The van der Waals surface area contributed by atoms with Gasteiger partial charge >= 0.3 is 11.9 Å². The van der Waals surface area contributed by atoms with E-state index in [-0.39, 0.29) is 5.56 Å². The van der Waals surface area contributed by atoms with E-state index in [2.05, 4.69) is 0 Å². The van der Waals surface area contributed by atoms with Crippen molar-refractivity contribution < 1.29 is 22.1 Å². The van der Waals surface area contributed by atoms with E-state index >= 15 is 0 Å². The number of benzene rings is 2. The van der Waals surface area contributed by atoms with Gasteiger partial charge in [-0.2, -0.15) is 9.65 Å². The second-order valence-corrected chi connectivity index (χ2v) is 6.27. The zero-order valence-electron chi connectivity index (χ0n) is 11.9. The molecule has 23 heavy (non-hydrogen) atoms. The van der Waals surface area contributed by atoms with Crippen molar-refractivity contribution in [2.24, 2.45) is 0 Å². The van der Waals surface area contributed by atoms with Crippen LogP contribution in [0.15, 0.2) is 41.3 Å². The van der Waals surface area contributed by atoms with Crippen LogP contribution in [0.25, 0.3) is 11.1 Å². The number of nitrogens with zero attached hydrogens (tertiary/aromatic N) is 1. The summed E-state index contributed by atoms with van der Waals surface area (Å²) in [6.07, 6.45) is -3.46. The summed E-state index contributed by atoms with van der Waals surface area (Å²) >= 11 is -2.77. The number of rotatable bonds is 4. The first-order chi connectivity index (χ1) is 10.8. The molecule has 0 N–H and O–H groups in total. The van der Waals surface area contributed by atoms with Crippen LogP contribution in [0.2, 0.25) is 0 Å². The minimum atomic E-state index is -3.46. The highest BCUT2D eigenvalue weighted by Crippen LogP contribution is 2.31. The van der Waals surface area contributed by atoms with Gasteiger partial charge in [0.1, 0.15) is 17.4 Å². The lowest BCUT2D eigenvalue weighted by molar-refractivity contribution is 0.0902. The summed E-state index contributed by atoms with van der Waals surface area (Å²) in [5, 5.41) is 8.95. The SMILES string of the molecule is Cc1ccc(-c2cc([S+]([O-])C(F)C(F)F)c(C#N)cc2F)cc1. The fraction of sp³-hybridized carbons (Fsp3) is 0.188. The molecule has 120 valence electrons. The van der Waals surface area contributed by atoms with E-state index in [9.17, 15) is 22.1 Å². The highest BCUT2D eigenvalue weighted by atomic mass is 32.2. The van der Waals surface area contributed by atoms with Crippen LogP contribution >= 0.6 is 0 Å². The summed E-state index contributed by atoms with van der Waals surface area (Å²) in [6.45, 7) is 1.83. The van der Waals surface area contributed by atoms with Crippen molar-refractivity contribution in [1.29, 1.82) is 5.26 Å². The van der Waals surface area contributed by atoms with Gasteiger partial charge in [-0.05, 0) is 18.6 Å². The van der Waals surface area contributed by atoms with Gasteiger partial charge in [0.05, 0.1) is 0 Å². The van der Waals surface area contributed by atoms with Crippen molar-refractivity contribution >= 4 is 11.2 Å². The molecular formula is C16H11F4NOS. The van der Waals surface area contributed by atoms with E-state index in [1.54, 1.807) is 30.3 Å². The Balaban J connectivity index is 2.56. The Morgan fingerprint density at radius 1 is 1.13 bits per heavy atom. The summed E-state index contributed by atoms with van der Waals surface area (Å²) in [5.41, 5.74) is -2.08. The topological polar surface area (TPSA) is 46.8 Å². The van der Waals surface area contributed by atoms with Crippen molar-refractivity contribution in [3.63, 3.8) is 0 Å². The Labute approximate surface area is 133 Å². The lowest BCUT2D eigenvalue weighted by atomic mass is 10.0. The molecule has 2 aromatic carbocycles. The van der Waals surface area contributed by atoms with Gasteiger partial charge < -0.3 is 4.55 Å². The first kappa shape index (κ1) is 17.3. The normalized spacial score (nSPS) is 13.7. The molecule has 0 aliphatic heterocycles. The van der Waals surface area contributed by atoms with Crippen LogP contribution in [0.1, 0.15) is 11.1 Å². The Bertz CT molecular complexity index is 743. The lowest BCUT2D eigenvalue weighted by Gasteiger charge is -2.16. The van der Waals surface area contributed by atoms with Gasteiger partial charge in [-0.15, -0.1) is 0 Å². The summed E-state index contributed by atoms with van der Waals surface area (Å²) in [4.78, 5) is -0.447. The van der Waals surface area contributed by atoms with Crippen LogP contribution in [-0.4, -0.2) is 16.5 Å². The molecule has 0 amide bonds. The predicted octanol–water partition coefficient (Wildman–Crippen LogP) is 4.34. The number of hydrogen-bond acceptors (Lipinski definition) is 2. The van der Waals surface area contributed by atoms with Gasteiger partial charge in [-0.3, -0.25) is 0 Å². The highest BCUT2D eigenvalue weighted by molar-refractivity contribution is 7.92. The molecule has 0 aliphatic carbocycles. The molecule has 2 rings (SSSR count). The second kappa shape index (κ2) is 7.02. The maximum absolute atomic E-state index is 14.1. The number of nitriles is 1. The molecule has 0 fully saturated rings. The summed E-state index contributed by atoms with van der Waals surface area (Å²) in [7, 11) is 0. The van der Waals surface area contributed by atoms with Gasteiger partial charge in [-0.1, -0.05) is 29.8 Å². The van der Waals surface area contributed by atoms with E-state index in [1.165, 1.54) is 0 Å². The fourth-order valence-corrected chi connectivity index (χ4v) is 2.96. The standard InChI is InChI=1S/C16H11F4NOS/c1-9-2-4-10(5-3-9)12-7-14(11(8-21)6-13(12)17)23(22)16(20)15(18)19/h2-7,15-16H,1H3. The van der Waals surface area contributed by atoms with Crippen LogP contribution in [0.5, 0.6) is 0 Å². The predicted molar refractivity (Wildman–Crippen MR) is 78.6 cm³/mol. The average molecular weight is 341 g/mol. The summed E-state index contributed by atoms with van der Waals surface area (Å²) < 4.78 is 64.2. The molecule has 2 atom stereocenters. The first-order valence-electron chi connectivity index (χ1n) is 6.48. The molecule has 0 heterocycles. The molecule has 0 aliphatic rings. The fourth-order valence-electron chi connectivity index (χ4n) is 1.98. The Morgan fingerprint density at radius 2 is 1.74 bits per heavy atom. The maximum atomic E-state index is 14.1. The smallest absolute Gasteiger partial charge is 0.318 e. The van der Waals surface area contributed by atoms with Gasteiger partial charge in [0.15, 0.2) is 4.90 Å². The number of hydrogen-bond donors (Lipinski definition) is 0. The monoisotopic (exact) mass is 341 g/mol. The van der Waals surface area contributed by atoms with Gasteiger partial charge in [0.2, 0.25) is 0 Å². The molecule has 2 aromatic rings. The molecular weight excluding hydrogens is 330 g/mol. The van der Waals surface area contributed by atoms with Crippen molar-refractivity contribution in [3.05, 3.63) is 53.3 Å². The van der Waals surface area contributed by atoms with Gasteiger partial charge in [0.25, 0.3) is 0 Å². The van der Waals surface area contributed by atoms with E-state index < -0.39 is 39.4 Å². The third kappa shape index (κ3) is 3.66. The molecule has 0 aromatic heterocycles. The van der Waals surface area contributed by atoms with Crippen molar-refractivity contribution in [1.82, 2.24) is 0 Å². The molecule has 0 radical (unpaired) electrons. The van der Waals surface area contributed by atoms with Gasteiger partial charge in [-0.25, -0.2) is 13.2 Å². The van der Waals surface area contributed by atoms with Crippen LogP contribution in [0.3, 0.4) is 0 Å². The Morgan fingerprint density at radius 3 is 2.26 bits per heavy atom. The van der Waals surface area contributed by atoms with E-state index in [4.69, 9.17) is 5.26 Å². The summed E-state index contributed by atoms with van der Waals surface area (Å²) in [6, 6.07) is 9.92. The van der Waals surface area contributed by atoms with Crippen molar-refractivity contribution in [3.8, 4) is 17.2 Å². The quantitative estimate of drug-likeness (QED) is 0.613. The highest BCUT2D eigenvalue weighted by Gasteiger charge is 2.36. The zero-order valence-corrected chi connectivity index (χ0v) is 12.7. The molecule has 0 bridgehead atoms. The van der Waals surface area contributed by atoms with Crippen LogP contribution in [0.4, 0.5) is 17.6 Å². The van der Waals surface area contributed by atoms with Crippen LogP contribution in [0, 0.1) is 24.1 Å². The van der Waals surface area contributed by atoms with E-state index in [0.29, 0.717) is 5.56 Å². The molecule has 2 nitrogen and oxygen atoms in total. The first-order valence-corrected chi connectivity index (χ1v) is 7.70. The number of alkyl halides is 3. The third-order valence-corrected chi connectivity index (χ3v) is 4.56. The molecule has 0 saturated heterocycles. The summed E-state index contributed by atoms with van der Waals surface area (Å²) in [5.74, 6) is -0.779. The number of halogens is 4.